The molecule has 0 unspecified atom stereocenters. The Kier molecular flexibility index (Phi) is 6.11. The molecule has 1 N–H and O–H groups in total. The molecule has 7 nitrogen and oxygen atoms in total. The van der Waals surface area contributed by atoms with Crippen molar-refractivity contribution in [1.29, 1.82) is 0 Å². The number of hydrogen-bond acceptors (Lipinski definition) is 5. The van der Waals surface area contributed by atoms with Crippen LogP contribution in [-0.2, 0) is 6.42 Å². The average Bonchev–Trinajstić information content (AvgIpc) is 3.02. The topological polar surface area (TPSA) is 76.6 Å². The zero-order valence-corrected chi connectivity index (χ0v) is 17.0. The van der Waals surface area contributed by atoms with E-state index in [9.17, 15) is 9.18 Å². The molecule has 0 atom stereocenters. The molecule has 30 heavy (non-hydrogen) atoms. The Balaban J connectivity index is 1.38. The van der Waals surface area contributed by atoms with E-state index in [1.165, 1.54) is 19.4 Å². The van der Waals surface area contributed by atoms with Crippen LogP contribution in [0.1, 0.15) is 36.8 Å². The van der Waals surface area contributed by atoms with Crippen LogP contribution in [0.5, 0.6) is 11.8 Å². The highest BCUT2D eigenvalue weighted by Crippen LogP contribution is 2.29. The van der Waals surface area contributed by atoms with Crippen molar-refractivity contribution in [1.82, 2.24) is 14.9 Å². The number of piperidine rings is 1. The Morgan fingerprint density at radius 2 is 2.10 bits per heavy atom. The van der Waals surface area contributed by atoms with Crippen LogP contribution in [0.15, 0.2) is 30.1 Å². The van der Waals surface area contributed by atoms with E-state index >= 15 is 0 Å². The van der Waals surface area contributed by atoms with E-state index in [0.29, 0.717) is 44.0 Å². The Hall–Kier alpha value is -3.16. The molecular weight excluding hydrogens is 387 g/mol. The van der Waals surface area contributed by atoms with Crippen LogP contribution in [0.2, 0.25) is 0 Å². The lowest BCUT2D eigenvalue weighted by Crippen LogP contribution is -2.39. The number of amides is 2. The molecule has 2 amide bonds. The average molecular weight is 412 g/mol. The second-order valence-electron chi connectivity index (χ2n) is 7.42. The van der Waals surface area contributed by atoms with Gasteiger partial charge in [-0.3, -0.25) is 0 Å². The summed E-state index contributed by atoms with van der Waals surface area (Å²) in [5.41, 5.74) is 3.25. The van der Waals surface area contributed by atoms with E-state index in [0.717, 1.165) is 36.1 Å². The molecule has 0 saturated carbocycles. The molecule has 2 aliphatic heterocycles. The number of nitrogens with zero attached hydrogens (tertiary/aromatic N) is 3. The number of carbonyl (C=O) groups is 1. The third-order valence-corrected chi connectivity index (χ3v) is 5.44. The van der Waals surface area contributed by atoms with Gasteiger partial charge in [0.25, 0.3) is 0 Å². The number of hydrogen-bond donors (Lipinski definition) is 1. The maximum Gasteiger partial charge on any atom is 0.321 e. The molecule has 0 spiro atoms. The van der Waals surface area contributed by atoms with Crippen LogP contribution < -0.4 is 14.8 Å². The minimum atomic E-state index is -0.366. The summed E-state index contributed by atoms with van der Waals surface area (Å²) in [5.74, 6) is 0.500. The van der Waals surface area contributed by atoms with Crippen molar-refractivity contribution in [2.24, 2.45) is 0 Å². The van der Waals surface area contributed by atoms with Gasteiger partial charge in [0, 0.05) is 42.7 Å². The van der Waals surface area contributed by atoms with E-state index in [4.69, 9.17) is 9.47 Å². The zero-order valence-electron chi connectivity index (χ0n) is 17.0. The van der Waals surface area contributed by atoms with Gasteiger partial charge in [0.1, 0.15) is 5.82 Å². The first-order valence-corrected chi connectivity index (χ1v) is 10.2. The quantitative estimate of drug-likeness (QED) is 0.823. The summed E-state index contributed by atoms with van der Waals surface area (Å²) in [4.78, 5) is 22.9. The second kappa shape index (κ2) is 9.11. The summed E-state index contributed by atoms with van der Waals surface area (Å²) in [7, 11) is 1.46. The van der Waals surface area contributed by atoms with Crippen LogP contribution >= 0.6 is 0 Å². The molecule has 4 rings (SSSR count). The molecule has 4 heterocycles. The molecule has 2 aliphatic rings. The highest BCUT2D eigenvalue weighted by Gasteiger charge is 2.22. The minimum absolute atomic E-state index is 0.135. The van der Waals surface area contributed by atoms with Crippen molar-refractivity contribution in [2.75, 3.05) is 32.1 Å². The van der Waals surface area contributed by atoms with Crippen molar-refractivity contribution >= 4 is 17.8 Å². The van der Waals surface area contributed by atoms with Gasteiger partial charge in [-0.25, -0.2) is 19.2 Å². The number of pyridine rings is 2. The molecule has 0 aromatic carbocycles. The fourth-order valence-electron chi connectivity index (χ4n) is 3.73. The van der Waals surface area contributed by atoms with Crippen molar-refractivity contribution < 1.29 is 18.7 Å². The maximum absolute atomic E-state index is 14.2. The summed E-state index contributed by atoms with van der Waals surface area (Å²) in [5, 5.41) is 3.02. The fraction of sp³-hybridized carbons (Fsp3) is 0.409. The molecule has 1 fully saturated rings. The van der Waals surface area contributed by atoms with Crippen molar-refractivity contribution in [2.45, 2.75) is 32.1 Å². The van der Waals surface area contributed by atoms with Gasteiger partial charge in [0.15, 0.2) is 0 Å². The highest BCUT2D eigenvalue weighted by molar-refractivity contribution is 5.90. The van der Waals surface area contributed by atoms with Gasteiger partial charge in [0.05, 0.1) is 19.4 Å². The summed E-state index contributed by atoms with van der Waals surface area (Å²) >= 11 is 0. The standard InChI is InChI=1S/C22H25FN4O3/c1-29-20-13-18(23)16(14-25-20)12-15-6-9-27(10-7-15)22(28)26-19-5-8-24-21-17(19)4-2-3-11-30-21/h5,8,12-14H,2-4,6-7,9-11H2,1H3,(H,24,26,28). The molecule has 2 aromatic rings. The molecule has 8 heteroatoms. The molecular formula is C22H25FN4O3. The van der Waals surface area contributed by atoms with Gasteiger partial charge in [0.2, 0.25) is 11.8 Å². The van der Waals surface area contributed by atoms with Crippen molar-refractivity contribution in [3.05, 3.63) is 47.0 Å². The first kappa shape index (κ1) is 20.1. The lowest BCUT2D eigenvalue weighted by molar-refractivity contribution is 0.207. The number of halogens is 1. The van der Waals surface area contributed by atoms with Crippen LogP contribution in [0.3, 0.4) is 0 Å². The lowest BCUT2D eigenvalue weighted by atomic mass is 10.0. The van der Waals surface area contributed by atoms with Gasteiger partial charge >= 0.3 is 6.03 Å². The zero-order chi connectivity index (χ0) is 20.9. The monoisotopic (exact) mass is 412 g/mol. The van der Waals surface area contributed by atoms with E-state index in [1.807, 2.05) is 12.1 Å². The molecule has 0 aliphatic carbocycles. The van der Waals surface area contributed by atoms with Gasteiger partial charge in [-0.05, 0) is 38.2 Å². The summed E-state index contributed by atoms with van der Waals surface area (Å²) in [6.45, 7) is 1.81. The first-order chi connectivity index (χ1) is 14.6. The molecule has 0 radical (unpaired) electrons. The third-order valence-electron chi connectivity index (χ3n) is 5.44. The van der Waals surface area contributed by atoms with E-state index in [2.05, 4.69) is 15.3 Å². The van der Waals surface area contributed by atoms with Gasteiger partial charge < -0.3 is 19.7 Å². The van der Waals surface area contributed by atoms with Gasteiger partial charge in [-0.2, -0.15) is 0 Å². The molecule has 158 valence electrons. The van der Waals surface area contributed by atoms with Gasteiger partial charge in [-0.1, -0.05) is 11.6 Å². The number of carbonyl (C=O) groups excluding carboxylic acids is 1. The van der Waals surface area contributed by atoms with Crippen LogP contribution in [-0.4, -0.2) is 47.7 Å². The molecule has 1 saturated heterocycles. The lowest BCUT2D eigenvalue weighted by Gasteiger charge is -2.29. The number of nitrogens with one attached hydrogen (secondary N) is 1. The number of methoxy groups -OCH3 is 1. The van der Waals surface area contributed by atoms with Crippen molar-refractivity contribution in [3.63, 3.8) is 0 Å². The van der Waals surface area contributed by atoms with E-state index in [1.54, 1.807) is 11.1 Å². The fourth-order valence-corrected chi connectivity index (χ4v) is 3.73. The number of fused-ring (bicyclic) bond motifs is 1. The Morgan fingerprint density at radius 3 is 2.87 bits per heavy atom. The van der Waals surface area contributed by atoms with Crippen molar-refractivity contribution in [3.8, 4) is 11.8 Å². The van der Waals surface area contributed by atoms with Crippen LogP contribution in [0, 0.1) is 5.82 Å². The Labute approximate surface area is 174 Å². The third kappa shape index (κ3) is 4.53. The second-order valence-corrected chi connectivity index (χ2v) is 7.42. The molecule has 0 bridgehead atoms. The number of rotatable bonds is 3. The highest BCUT2D eigenvalue weighted by atomic mass is 19.1. The maximum atomic E-state index is 14.2. The van der Waals surface area contributed by atoms with E-state index in [-0.39, 0.29) is 17.7 Å². The van der Waals surface area contributed by atoms with Crippen LogP contribution in [0.4, 0.5) is 14.9 Å². The number of urea groups is 1. The largest absolute Gasteiger partial charge is 0.481 e. The number of ether oxygens (including phenoxy) is 2. The summed E-state index contributed by atoms with van der Waals surface area (Å²) in [6.07, 6.45) is 9.16. The SMILES string of the molecule is COc1cc(F)c(C=C2CCN(C(=O)Nc3ccnc4c3CCCCO4)CC2)cn1. The Bertz CT molecular complexity index is 953. The minimum Gasteiger partial charge on any atom is -0.481 e. The number of likely N-dealkylation sites (tertiary alicyclic amines) is 1. The van der Waals surface area contributed by atoms with Gasteiger partial charge in [-0.15, -0.1) is 0 Å². The molecule has 2 aromatic heterocycles. The smallest absolute Gasteiger partial charge is 0.321 e. The predicted octanol–water partition coefficient (Wildman–Crippen LogP) is 4.05. The Morgan fingerprint density at radius 1 is 1.27 bits per heavy atom. The normalized spacial score (nSPS) is 16.2. The predicted molar refractivity (Wildman–Crippen MR) is 111 cm³/mol. The number of aromatic nitrogens is 2. The summed E-state index contributed by atoms with van der Waals surface area (Å²) < 4.78 is 24.8. The van der Waals surface area contributed by atoms with Crippen LogP contribution in [0.25, 0.3) is 6.08 Å². The summed E-state index contributed by atoms with van der Waals surface area (Å²) in [6, 6.07) is 2.96. The number of anilines is 1. The van der Waals surface area contributed by atoms with E-state index < -0.39 is 0 Å². The first-order valence-electron chi connectivity index (χ1n) is 10.2.